The molecule has 1 aromatic heterocycles. The first-order valence-corrected chi connectivity index (χ1v) is 7.02. The van der Waals surface area contributed by atoms with Gasteiger partial charge in [-0.15, -0.1) is 0 Å². The summed E-state index contributed by atoms with van der Waals surface area (Å²) in [5, 5.41) is 3.50. The Morgan fingerprint density at radius 3 is 2.29 bits per heavy atom. The lowest BCUT2D eigenvalue weighted by Gasteiger charge is -2.09. The van der Waals surface area contributed by atoms with Crippen LogP contribution in [0.25, 0.3) is 11.1 Å². The van der Waals surface area contributed by atoms with Crippen LogP contribution in [0.1, 0.15) is 5.56 Å². The van der Waals surface area contributed by atoms with Crippen molar-refractivity contribution in [2.24, 2.45) is 0 Å². The topological polar surface area (TPSA) is 37.8 Å². The molecule has 0 aliphatic carbocycles. The van der Waals surface area contributed by atoms with Gasteiger partial charge in [-0.05, 0) is 41.8 Å². The Kier molecular flexibility index (Phi) is 3.84. The van der Waals surface area contributed by atoms with Crippen LogP contribution in [0.15, 0.2) is 60.8 Å². The van der Waals surface area contributed by atoms with Gasteiger partial charge < -0.3 is 5.32 Å². The van der Waals surface area contributed by atoms with Gasteiger partial charge in [0.15, 0.2) is 0 Å². The third-order valence-corrected chi connectivity index (χ3v) is 3.38. The maximum atomic E-state index is 5.83. The minimum Gasteiger partial charge on any atom is -0.340 e. The van der Waals surface area contributed by atoms with Crippen molar-refractivity contribution in [3.8, 4) is 11.1 Å². The number of benzene rings is 2. The number of hydrogen-bond donors (Lipinski definition) is 1. The second-order valence-corrected chi connectivity index (χ2v) is 5.08. The van der Waals surface area contributed by atoms with Crippen LogP contribution in [0.2, 0.25) is 5.28 Å². The molecule has 0 radical (unpaired) electrons. The summed E-state index contributed by atoms with van der Waals surface area (Å²) in [4.78, 5) is 8.14. The van der Waals surface area contributed by atoms with Crippen LogP contribution in [-0.4, -0.2) is 9.97 Å². The summed E-state index contributed by atoms with van der Waals surface area (Å²) >= 11 is 5.83. The fourth-order valence-corrected chi connectivity index (χ4v) is 2.19. The minimum atomic E-state index is 0.240. The summed E-state index contributed by atoms with van der Waals surface area (Å²) in [6.07, 6.45) is 1.70. The highest BCUT2D eigenvalue weighted by Gasteiger charge is 2.03. The SMILES string of the molecule is Cc1cnc(Cl)nc1Nc1ccc(-c2ccccc2)cc1. The van der Waals surface area contributed by atoms with Crippen LogP contribution in [0, 0.1) is 6.92 Å². The van der Waals surface area contributed by atoms with Gasteiger partial charge in [-0.1, -0.05) is 42.5 Å². The maximum absolute atomic E-state index is 5.83. The number of rotatable bonds is 3. The van der Waals surface area contributed by atoms with E-state index in [0.29, 0.717) is 0 Å². The predicted molar refractivity (Wildman–Crippen MR) is 86.9 cm³/mol. The van der Waals surface area contributed by atoms with Crippen LogP contribution in [0.5, 0.6) is 0 Å². The Bertz CT molecular complexity index is 740. The van der Waals surface area contributed by atoms with E-state index in [-0.39, 0.29) is 5.28 Å². The summed E-state index contributed by atoms with van der Waals surface area (Å²) in [6.45, 7) is 1.94. The molecule has 3 rings (SSSR count). The van der Waals surface area contributed by atoms with Gasteiger partial charge in [0, 0.05) is 17.4 Å². The number of halogens is 1. The predicted octanol–water partition coefficient (Wildman–Crippen LogP) is 4.85. The molecular weight excluding hydrogens is 282 g/mol. The van der Waals surface area contributed by atoms with Crippen LogP contribution >= 0.6 is 11.6 Å². The lowest BCUT2D eigenvalue weighted by molar-refractivity contribution is 1.13. The summed E-state index contributed by atoms with van der Waals surface area (Å²) in [7, 11) is 0. The average molecular weight is 296 g/mol. The zero-order chi connectivity index (χ0) is 14.7. The van der Waals surface area contributed by atoms with Crippen LogP contribution in [0.3, 0.4) is 0 Å². The molecule has 0 unspecified atom stereocenters. The van der Waals surface area contributed by atoms with Crippen LogP contribution in [-0.2, 0) is 0 Å². The van der Waals surface area contributed by atoms with Gasteiger partial charge in [0.1, 0.15) is 5.82 Å². The Morgan fingerprint density at radius 1 is 0.905 bits per heavy atom. The Morgan fingerprint density at radius 2 is 1.57 bits per heavy atom. The molecule has 0 amide bonds. The number of aromatic nitrogens is 2. The highest BCUT2D eigenvalue weighted by molar-refractivity contribution is 6.28. The van der Waals surface area contributed by atoms with E-state index < -0.39 is 0 Å². The van der Waals surface area contributed by atoms with Gasteiger partial charge in [-0.3, -0.25) is 0 Å². The molecule has 0 saturated carbocycles. The zero-order valence-corrected chi connectivity index (χ0v) is 12.3. The van der Waals surface area contributed by atoms with Crippen molar-refractivity contribution in [3.05, 3.63) is 71.6 Å². The van der Waals surface area contributed by atoms with Gasteiger partial charge in [-0.25, -0.2) is 9.97 Å². The van der Waals surface area contributed by atoms with E-state index in [9.17, 15) is 0 Å². The van der Waals surface area contributed by atoms with Gasteiger partial charge in [-0.2, -0.15) is 0 Å². The molecule has 1 N–H and O–H groups in total. The van der Waals surface area contributed by atoms with Crippen LogP contribution < -0.4 is 5.32 Å². The molecule has 0 fully saturated rings. The average Bonchev–Trinajstić information content (AvgIpc) is 2.53. The molecule has 0 aliphatic heterocycles. The molecule has 4 heteroatoms. The molecule has 0 bridgehead atoms. The van der Waals surface area contributed by atoms with Crippen molar-refractivity contribution in [1.82, 2.24) is 9.97 Å². The second kappa shape index (κ2) is 5.94. The molecular formula is C17H14ClN3. The van der Waals surface area contributed by atoms with E-state index in [4.69, 9.17) is 11.6 Å². The van der Waals surface area contributed by atoms with E-state index in [1.165, 1.54) is 11.1 Å². The molecule has 3 aromatic rings. The fraction of sp³-hybridized carbons (Fsp3) is 0.0588. The second-order valence-electron chi connectivity index (χ2n) is 4.74. The molecule has 21 heavy (non-hydrogen) atoms. The van der Waals surface area contributed by atoms with E-state index in [2.05, 4.69) is 39.6 Å². The fourth-order valence-electron chi connectivity index (χ4n) is 2.06. The molecule has 2 aromatic carbocycles. The summed E-state index contributed by atoms with van der Waals surface area (Å²) in [6, 6.07) is 18.5. The third kappa shape index (κ3) is 3.20. The summed E-state index contributed by atoms with van der Waals surface area (Å²) < 4.78 is 0. The molecule has 1 heterocycles. The maximum Gasteiger partial charge on any atom is 0.224 e. The Balaban J connectivity index is 1.83. The van der Waals surface area contributed by atoms with Gasteiger partial charge in [0.25, 0.3) is 0 Å². The number of hydrogen-bond acceptors (Lipinski definition) is 3. The Hall–Kier alpha value is -2.39. The first kappa shape index (κ1) is 13.6. The van der Waals surface area contributed by atoms with Crippen LogP contribution in [0.4, 0.5) is 11.5 Å². The van der Waals surface area contributed by atoms with Gasteiger partial charge in [0.2, 0.25) is 5.28 Å². The molecule has 0 spiro atoms. The summed E-state index contributed by atoms with van der Waals surface area (Å²) in [5.74, 6) is 0.725. The first-order chi connectivity index (χ1) is 10.2. The highest BCUT2D eigenvalue weighted by Crippen LogP contribution is 2.23. The molecule has 0 atom stereocenters. The molecule has 104 valence electrons. The standard InChI is InChI=1S/C17H14ClN3/c1-12-11-19-17(18)21-16(12)20-15-9-7-14(8-10-15)13-5-3-2-4-6-13/h2-11H,1H3,(H,19,20,21). The quantitative estimate of drug-likeness (QED) is 0.702. The van der Waals surface area contributed by atoms with E-state index in [1.807, 2.05) is 37.3 Å². The van der Waals surface area contributed by atoms with Gasteiger partial charge in [0.05, 0.1) is 0 Å². The normalized spacial score (nSPS) is 10.4. The van der Waals surface area contributed by atoms with Crippen molar-refractivity contribution in [2.45, 2.75) is 6.92 Å². The first-order valence-electron chi connectivity index (χ1n) is 6.64. The smallest absolute Gasteiger partial charge is 0.224 e. The van der Waals surface area contributed by atoms with Gasteiger partial charge >= 0.3 is 0 Å². The van der Waals surface area contributed by atoms with Crippen molar-refractivity contribution in [2.75, 3.05) is 5.32 Å². The van der Waals surface area contributed by atoms with E-state index in [0.717, 1.165) is 17.1 Å². The number of nitrogens with zero attached hydrogens (tertiary/aromatic N) is 2. The van der Waals surface area contributed by atoms with Crippen molar-refractivity contribution in [1.29, 1.82) is 0 Å². The minimum absolute atomic E-state index is 0.240. The largest absolute Gasteiger partial charge is 0.340 e. The molecule has 0 saturated heterocycles. The van der Waals surface area contributed by atoms with E-state index >= 15 is 0 Å². The molecule has 3 nitrogen and oxygen atoms in total. The lowest BCUT2D eigenvalue weighted by Crippen LogP contribution is -1.98. The van der Waals surface area contributed by atoms with Crippen molar-refractivity contribution >= 4 is 23.1 Å². The van der Waals surface area contributed by atoms with E-state index in [1.54, 1.807) is 6.20 Å². The Labute approximate surface area is 128 Å². The summed E-state index contributed by atoms with van der Waals surface area (Å²) in [5.41, 5.74) is 4.29. The number of anilines is 2. The monoisotopic (exact) mass is 295 g/mol. The van der Waals surface area contributed by atoms with Crippen molar-refractivity contribution in [3.63, 3.8) is 0 Å². The number of aryl methyl sites for hydroxylation is 1. The zero-order valence-electron chi connectivity index (χ0n) is 11.5. The third-order valence-electron chi connectivity index (χ3n) is 3.20. The lowest BCUT2D eigenvalue weighted by atomic mass is 10.1. The number of nitrogens with one attached hydrogen (secondary N) is 1. The highest BCUT2D eigenvalue weighted by atomic mass is 35.5. The molecule has 0 aliphatic rings. The van der Waals surface area contributed by atoms with Crippen molar-refractivity contribution < 1.29 is 0 Å².